The summed E-state index contributed by atoms with van der Waals surface area (Å²) >= 11 is 3.36. The summed E-state index contributed by atoms with van der Waals surface area (Å²) < 4.78 is 2.79. The number of halogens is 1. The molecule has 1 amide bonds. The molecule has 0 aromatic carbocycles. The van der Waals surface area contributed by atoms with Gasteiger partial charge >= 0.3 is 0 Å². The third-order valence-corrected chi connectivity index (χ3v) is 3.63. The zero-order valence-corrected chi connectivity index (χ0v) is 11.2. The van der Waals surface area contributed by atoms with Gasteiger partial charge in [0.25, 0.3) is 5.91 Å². The zero-order valence-electron chi connectivity index (χ0n) is 9.58. The molecular formula is C12H11BrN4O. The molecule has 0 aliphatic carbocycles. The molecule has 6 heteroatoms. The van der Waals surface area contributed by atoms with Gasteiger partial charge in [0.2, 0.25) is 0 Å². The van der Waals surface area contributed by atoms with Crippen LogP contribution in [0.25, 0.3) is 0 Å². The fourth-order valence-corrected chi connectivity index (χ4v) is 2.46. The Kier molecular flexibility index (Phi) is 2.87. The molecule has 0 saturated carbocycles. The van der Waals surface area contributed by atoms with Gasteiger partial charge in [-0.3, -0.25) is 4.79 Å². The molecule has 0 atom stereocenters. The third kappa shape index (κ3) is 1.92. The van der Waals surface area contributed by atoms with E-state index >= 15 is 0 Å². The van der Waals surface area contributed by atoms with Crippen molar-refractivity contribution in [1.29, 1.82) is 0 Å². The molecule has 0 unspecified atom stereocenters. The van der Waals surface area contributed by atoms with Crippen molar-refractivity contribution in [1.82, 2.24) is 19.4 Å². The number of amides is 1. The van der Waals surface area contributed by atoms with E-state index in [9.17, 15) is 4.79 Å². The second-order valence-electron chi connectivity index (χ2n) is 4.10. The average molecular weight is 307 g/mol. The zero-order chi connectivity index (χ0) is 12.5. The Balaban J connectivity index is 1.85. The molecule has 18 heavy (non-hydrogen) atoms. The summed E-state index contributed by atoms with van der Waals surface area (Å²) in [5, 5.41) is 0. The number of aromatic nitrogens is 3. The van der Waals surface area contributed by atoms with Crippen LogP contribution in [0.2, 0.25) is 0 Å². The number of rotatable bonds is 1. The molecule has 1 aliphatic rings. The van der Waals surface area contributed by atoms with Crippen LogP contribution in [-0.4, -0.2) is 31.9 Å². The highest BCUT2D eigenvalue weighted by molar-refractivity contribution is 9.10. The van der Waals surface area contributed by atoms with Crippen molar-refractivity contribution in [2.24, 2.45) is 0 Å². The summed E-state index contributed by atoms with van der Waals surface area (Å²) in [6.07, 6.45) is 5.33. The lowest BCUT2D eigenvalue weighted by Gasteiger charge is -2.27. The van der Waals surface area contributed by atoms with Crippen molar-refractivity contribution in [3.8, 4) is 0 Å². The molecule has 2 aromatic heterocycles. The van der Waals surface area contributed by atoms with Gasteiger partial charge in [0, 0.05) is 36.2 Å². The molecule has 0 spiro atoms. The lowest BCUT2D eigenvalue weighted by atomic mass is 10.3. The number of fused-ring (bicyclic) bond motifs is 1. The summed E-state index contributed by atoms with van der Waals surface area (Å²) in [5.74, 6) is 0.860. The maximum atomic E-state index is 12.3. The van der Waals surface area contributed by atoms with Gasteiger partial charge in [-0.25, -0.2) is 9.97 Å². The first kappa shape index (κ1) is 11.4. The van der Waals surface area contributed by atoms with E-state index in [1.165, 1.54) is 0 Å². The predicted octanol–water partition coefficient (Wildman–Crippen LogP) is 1.70. The highest BCUT2D eigenvalue weighted by Gasteiger charge is 2.24. The van der Waals surface area contributed by atoms with Gasteiger partial charge in [0.1, 0.15) is 11.5 Å². The van der Waals surface area contributed by atoms with Gasteiger partial charge in [-0.1, -0.05) is 0 Å². The first-order valence-electron chi connectivity index (χ1n) is 5.65. The Labute approximate surface area is 113 Å². The van der Waals surface area contributed by atoms with Crippen LogP contribution in [-0.2, 0) is 13.1 Å². The Bertz CT molecular complexity index is 595. The lowest BCUT2D eigenvalue weighted by Crippen LogP contribution is -2.38. The average Bonchev–Trinajstić information content (AvgIpc) is 2.85. The molecular weight excluding hydrogens is 296 g/mol. The van der Waals surface area contributed by atoms with Crippen LogP contribution in [0.15, 0.2) is 35.2 Å². The smallest absolute Gasteiger partial charge is 0.274 e. The number of hydrogen-bond donors (Lipinski definition) is 0. The maximum absolute atomic E-state index is 12.3. The molecule has 0 saturated heterocycles. The summed E-state index contributed by atoms with van der Waals surface area (Å²) in [4.78, 5) is 22.5. The van der Waals surface area contributed by atoms with Gasteiger partial charge in [-0.2, -0.15) is 0 Å². The van der Waals surface area contributed by atoms with E-state index in [0.29, 0.717) is 18.8 Å². The number of imidazole rings is 1. The van der Waals surface area contributed by atoms with Crippen LogP contribution in [0.5, 0.6) is 0 Å². The molecule has 0 radical (unpaired) electrons. The Morgan fingerprint density at radius 1 is 1.28 bits per heavy atom. The summed E-state index contributed by atoms with van der Waals surface area (Å²) in [6.45, 7) is 2.01. The molecule has 3 heterocycles. The van der Waals surface area contributed by atoms with E-state index in [2.05, 4.69) is 30.5 Å². The Morgan fingerprint density at radius 3 is 3.00 bits per heavy atom. The van der Waals surface area contributed by atoms with E-state index in [-0.39, 0.29) is 5.91 Å². The first-order valence-corrected chi connectivity index (χ1v) is 6.45. The Morgan fingerprint density at radius 2 is 2.17 bits per heavy atom. The van der Waals surface area contributed by atoms with Crippen LogP contribution in [0.3, 0.4) is 0 Å². The van der Waals surface area contributed by atoms with Gasteiger partial charge in [0.05, 0.1) is 6.54 Å². The minimum absolute atomic E-state index is 0.0586. The standard InChI is InChI=1S/C12H11BrN4O/c13-9-2-1-3-15-11(9)12(18)17-7-6-16-5-4-14-10(16)8-17/h1-5H,6-8H2. The highest BCUT2D eigenvalue weighted by Crippen LogP contribution is 2.18. The molecule has 1 aliphatic heterocycles. The molecule has 5 nitrogen and oxygen atoms in total. The minimum atomic E-state index is -0.0586. The topological polar surface area (TPSA) is 51.0 Å². The summed E-state index contributed by atoms with van der Waals surface area (Å²) in [6, 6.07) is 3.62. The quantitative estimate of drug-likeness (QED) is 0.806. The van der Waals surface area contributed by atoms with Gasteiger partial charge in [0.15, 0.2) is 0 Å². The second-order valence-corrected chi connectivity index (χ2v) is 4.95. The van der Waals surface area contributed by atoms with Crippen molar-refractivity contribution in [2.75, 3.05) is 6.54 Å². The predicted molar refractivity (Wildman–Crippen MR) is 68.9 cm³/mol. The second kappa shape index (κ2) is 4.53. The van der Waals surface area contributed by atoms with Crippen LogP contribution in [0.1, 0.15) is 16.3 Å². The first-order chi connectivity index (χ1) is 8.75. The number of pyridine rings is 1. The Hall–Kier alpha value is -1.69. The molecule has 0 bridgehead atoms. The summed E-state index contributed by atoms with van der Waals surface area (Å²) in [7, 11) is 0. The van der Waals surface area contributed by atoms with Crippen molar-refractivity contribution in [2.45, 2.75) is 13.1 Å². The molecule has 2 aromatic rings. The lowest BCUT2D eigenvalue weighted by molar-refractivity contribution is 0.0700. The van der Waals surface area contributed by atoms with Crippen molar-refractivity contribution in [3.05, 3.63) is 46.7 Å². The molecule has 0 fully saturated rings. The van der Waals surface area contributed by atoms with Crippen molar-refractivity contribution >= 4 is 21.8 Å². The van der Waals surface area contributed by atoms with E-state index < -0.39 is 0 Å². The third-order valence-electron chi connectivity index (χ3n) is 2.99. The molecule has 3 rings (SSSR count). The van der Waals surface area contributed by atoms with Crippen molar-refractivity contribution in [3.63, 3.8) is 0 Å². The van der Waals surface area contributed by atoms with E-state index in [0.717, 1.165) is 16.8 Å². The van der Waals surface area contributed by atoms with E-state index in [4.69, 9.17) is 0 Å². The fraction of sp³-hybridized carbons (Fsp3) is 0.250. The van der Waals surface area contributed by atoms with Gasteiger partial charge in [-0.05, 0) is 28.1 Å². The SMILES string of the molecule is O=C(c1ncccc1Br)N1CCn2ccnc2C1. The molecule has 0 N–H and O–H groups in total. The normalized spacial score (nSPS) is 14.4. The van der Waals surface area contributed by atoms with E-state index in [1.54, 1.807) is 23.4 Å². The number of carbonyl (C=O) groups is 1. The highest BCUT2D eigenvalue weighted by atomic mass is 79.9. The maximum Gasteiger partial charge on any atom is 0.274 e. The van der Waals surface area contributed by atoms with E-state index in [1.807, 2.05) is 12.3 Å². The number of carbonyl (C=O) groups excluding carboxylic acids is 1. The summed E-state index contributed by atoms with van der Waals surface area (Å²) in [5.41, 5.74) is 0.456. The minimum Gasteiger partial charge on any atom is -0.332 e. The van der Waals surface area contributed by atoms with Gasteiger partial charge < -0.3 is 9.47 Å². The fourth-order valence-electron chi connectivity index (χ4n) is 2.04. The van der Waals surface area contributed by atoms with Crippen LogP contribution in [0, 0.1) is 0 Å². The number of nitrogens with zero attached hydrogens (tertiary/aromatic N) is 4. The monoisotopic (exact) mass is 306 g/mol. The number of hydrogen-bond acceptors (Lipinski definition) is 3. The largest absolute Gasteiger partial charge is 0.332 e. The molecule has 92 valence electrons. The van der Waals surface area contributed by atoms with Crippen LogP contribution >= 0.6 is 15.9 Å². The van der Waals surface area contributed by atoms with Crippen LogP contribution < -0.4 is 0 Å². The van der Waals surface area contributed by atoms with Crippen molar-refractivity contribution < 1.29 is 4.79 Å². The van der Waals surface area contributed by atoms with Gasteiger partial charge in [-0.15, -0.1) is 0 Å². The van der Waals surface area contributed by atoms with Crippen LogP contribution in [0.4, 0.5) is 0 Å².